The molecule has 0 aromatic heterocycles. The van der Waals surface area contributed by atoms with Crippen molar-refractivity contribution in [2.75, 3.05) is 19.3 Å². The molecule has 1 aromatic rings. The minimum absolute atomic E-state index is 0.328. The molecule has 1 N–H and O–H groups in total. The van der Waals surface area contributed by atoms with Gasteiger partial charge in [-0.15, -0.1) is 0 Å². The van der Waals surface area contributed by atoms with Crippen LogP contribution in [0.25, 0.3) is 0 Å². The third kappa shape index (κ3) is 4.02. The van der Waals surface area contributed by atoms with Gasteiger partial charge < -0.3 is 9.62 Å². The van der Waals surface area contributed by atoms with Crippen LogP contribution in [0.4, 0.5) is 0 Å². The van der Waals surface area contributed by atoms with Crippen molar-refractivity contribution in [1.82, 2.24) is 9.62 Å². The van der Waals surface area contributed by atoms with Crippen molar-refractivity contribution in [2.24, 2.45) is 0 Å². The fourth-order valence-corrected chi connectivity index (χ4v) is 4.30. The first kappa shape index (κ1) is 17.9. The summed E-state index contributed by atoms with van der Waals surface area (Å²) in [5.41, 5.74) is 5.02. The average molecular weight is 381 g/mol. The molecule has 0 radical (unpaired) electrons. The lowest BCUT2D eigenvalue weighted by molar-refractivity contribution is 0.293. The van der Waals surface area contributed by atoms with Gasteiger partial charge in [0.2, 0.25) is 0 Å². The number of fused-ring (bicyclic) bond motifs is 1. The van der Waals surface area contributed by atoms with E-state index >= 15 is 0 Å². The predicted molar refractivity (Wildman–Crippen MR) is 107 cm³/mol. The second kappa shape index (κ2) is 8.01. The lowest BCUT2D eigenvalue weighted by atomic mass is 9.83. The quantitative estimate of drug-likeness (QED) is 0.689. The van der Waals surface area contributed by atoms with Gasteiger partial charge in [0, 0.05) is 40.5 Å². The molecule has 2 aliphatic rings. The fraction of sp³-hybridized carbons (Fsp3) is 0.368. The van der Waals surface area contributed by atoms with Gasteiger partial charge in [0.1, 0.15) is 0 Å². The number of allylic oxidation sites excluding steroid dienone is 4. The Morgan fingerprint density at radius 1 is 1.29 bits per heavy atom. The Morgan fingerprint density at radius 3 is 2.92 bits per heavy atom. The van der Waals surface area contributed by atoms with Crippen LogP contribution in [0.1, 0.15) is 30.4 Å². The number of nitrogens with zero attached hydrogens (tertiary/aromatic N) is 1. The van der Waals surface area contributed by atoms with Crippen molar-refractivity contribution in [2.45, 2.75) is 25.8 Å². The Labute approximate surface area is 158 Å². The molecule has 2 nitrogen and oxygen atoms in total. The minimum atomic E-state index is 0.328. The van der Waals surface area contributed by atoms with Gasteiger partial charge in [-0.25, -0.2) is 0 Å². The first-order chi connectivity index (χ1) is 11.6. The number of hydrogen-bond acceptors (Lipinski definition) is 3. The van der Waals surface area contributed by atoms with Gasteiger partial charge in [0.05, 0.1) is 0 Å². The summed E-state index contributed by atoms with van der Waals surface area (Å²) >= 11 is 14.5. The van der Waals surface area contributed by atoms with Crippen LogP contribution in [0.15, 0.2) is 47.7 Å². The first-order valence-corrected chi connectivity index (χ1v) is 9.94. The van der Waals surface area contributed by atoms with Crippen molar-refractivity contribution in [3.05, 3.63) is 68.9 Å². The Kier molecular flexibility index (Phi) is 5.98. The van der Waals surface area contributed by atoms with Gasteiger partial charge >= 0.3 is 0 Å². The summed E-state index contributed by atoms with van der Waals surface area (Å²) < 4.78 is 3.37. The van der Waals surface area contributed by atoms with Gasteiger partial charge in [0.15, 0.2) is 0 Å². The van der Waals surface area contributed by atoms with Crippen LogP contribution in [-0.4, -0.2) is 24.2 Å². The SMILES string of the molecule is CCSNC1=CC=C(C2CN(C)Cc3c(Cl)cc(Cl)cc32)CC=C1. The average Bonchev–Trinajstić information content (AvgIpc) is 2.78. The maximum absolute atomic E-state index is 6.46. The normalized spacial score (nSPS) is 20.9. The second-order valence-electron chi connectivity index (χ2n) is 6.21. The topological polar surface area (TPSA) is 15.3 Å². The largest absolute Gasteiger partial charge is 0.330 e. The monoisotopic (exact) mass is 380 g/mol. The molecule has 0 amide bonds. The summed E-state index contributed by atoms with van der Waals surface area (Å²) in [5, 5.41) is 1.49. The maximum Gasteiger partial charge on any atom is 0.0468 e. The van der Waals surface area contributed by atoms with Gasteiger partial charge in [-0.3, -0.25) is 0 Å². The summed E-state index contributed by atoms with van der Waals surface area (Å²) in [4.78, 5) is 2.33. The smallest absolute Gasteiger partial charge is 0.0468 e. The highest BCUT2D eigenvalue weighted by atomic mass is 35.5. The molecule has 128 valence electrons. The summed E-state index contributed by atoms with van der Waals surface area (Å²) in [6.45, 7) is 4.01. The molecule has 0 fully saturated rings. The zero-order chi connectivity index (χ0) is 17.1. The van der Waals surface area contributed by atoms with E-state index in [2.05, 4.69) is 54.0 Å². The van der Waals surface area contributed by atoms with Crippen molar-refractivity contribution >= 4 is 35.1 Å². The highest BCUT2D eigenvalue weighted by Crippen LogP contribution is 2.39. The summed E-state index contributed by atoms with van der Waals surface area (Å²) in [7, 11) is 2.15. The van der Waals surface area contributed by atoms with Crippen molar-refractivity contribution < 1.29 is 0 Å². The van der Waals surface area contributed by atoms with Crippen LogP contribution >= 0.6 is 35.1 Å². The molecule has 1 heterocycles. The van der Waals surface area contributed by atoms with E-state index in [1.165, 1.54) is 16.7 Å². The molecule has 1 unspecified atom stereocenters. The number of rotatable bonds is 4. The number of hydrogen-bond donors (Lipinski definition) is 1. The zero-order valence-electron chi connectivity index (χ0n) is 14.0. The van der Waals surface area contributed by atoms with Crippen molar-refractivity contribution in [3.8, 4) is 0 Å². The molecule has 1 atom stereocenters. The van der Waals surface area contributed by atoms with Crippen LogP contribution < -0.4 is 4.72 Å². The van der Waals surface area contributed by atoms with Gasteiger partial charge in [-0.1, -0.05) is 59.8 Å². The Bertz CT molecular complexity index is 710. The van der Waals surface area contributed by atoms with Gasteiger partial charge in [-0.2, -0.15) is 0 Å². The summed E-state index contributed by atoms with van der Waals surface area (Å²) in [5.74, 6) is 1.37. The van der Waals surface area contributed by atoms with E-state index in [9.17, 15) is 0 Å². The van der Waals surface area contributed by atoms with Crippen LogP contribution in [0, 0.1) is 0 Å². The predicted octanol–water partition coefficient (Wildman–Crippen LogP) is 5.55. The molecule has 3 rings (SSSR count). The minimum Gasteiger partial charge on any atom is -0.330 e. The van der Waals surface area contributed by atoms with Crippen LogP contribution in [-0.2, 0) is 6.54 Å². The van der Waals surface area contributed by atoms with E-state index in [1.807, 2.05) is 6.07 Å². The van der Waals surface area contributed by atoms with Crippen LogP contribution in [0.5, 0.6) is 0 Å². The Hall–Kier alpha value is -0.870. The molecular formula is C19H22Cl2N2S. The zero-order valence-corrected chi connectivity index (χ0v) is 16.3. The van der Waals surface area contributed by atoms with Crippen LogP contribution in [0.2, 0.25) is 10.0 Å². The standard InChI is InChI=1S/C19H22Cl2N2S/c1-3-24-22-15-6-4-5-13(7-8-15)17-11-23(2)12-18-16(17)9-14(20)10-19(18)21/h4,6-10,17,22H,3,5,11-12H2,1-2H3. The summed E-state index contributed by atoms with van der Waals surface area (Å²) in [6.07, 6.45) is 9.75. The van der Waals surface area contributed by atoms with Crippen LogP contribution in [0.3, 0.4) is 0 Å². The van der Waals surface area contributed by atoms with Gasteiger partial charge in [0.25, 0.3) is 0 Å². The van der Waals surface area contributed by atoms with Crippen molar-refractivity contribution in [1.29, 1.82) is 0 Å². The molecular weight excluding hydrogens is 359 g/mol. The lowest BCUT2D eigenvalue weighted by Crippen LogP contribution is -2.31. The summed E-state index contributed by atoms with van der Waals surface area (Å²) in [6, 6.07) is 3.94. The number of benzene rings is 1. The van der Waals surface area contributed by atoms with E-state index in [0.29, 0.717) is 5.92 Å². The number of likely N-dealkylation sites (N-methyl/N-ethyl adjacent to an activating group) is 1. The molecule has 0 saturated heterocycles. The number of nitrogens with one attached hydrogen (secondary N) is 1. The van der Waals surface area contributed by atoms with E-state index in [-0.39, 0.29) is 0 Å². The molecule has 0 bridgehead atoms. The molecule has 0 saturated carbocycles. The maximum atomic E-state index is 6.46. The number of halogens is 2. The highest BCUT2D eigenvalue weighted by Gasteiger charge is 2.28. The van der Waals surface area contributed by atoms with E-state index in [0.717, 1.165) is 41.0 Å². The van der Waals surface area contributed by atoms with E-state index in [1.54, 1.807) is 11.9 Å². The highest BCUT2D eigenvalue weighted by molar-refractivity contribution is 7.97. The molecule has 0 spiro atoms. The molecule has 1 aromatic carbocycles. The van der Waals surface area contributed by atoms with E-state index in [4.69, 9.17) is 23.2 Å². The first-order valence-electron chi connectivity index (χ1n) is 8.20. The molecule has 1 aliphatic heterocycles. The Balaban J connectivity index is 1.94. The molecule has 5 heteroatoms. The van der Waals surface area contributed by atoms with E-state index < -0.39 is 0 Å². The second-order valence-corrected chi connectivity index (χ2v) is 8.12. The lowest BCUT2D eigenvalue weighted by Gasteiger charge is -2.34. The fourth-order valence-electron chi connectivity index (χ4n) is 3.29. The Morgan fingerprint density at radius 2 is 2.12 bits per heavy atom. The third-order valence-electron chi connectivity index (χ3n) is 4.40. The third-order valence-corrected chi connectivity index (χ3v) is 5.63. The van der Waals surface area contributed by atoms with Gasteiger partial charge in [-0.05, 0) is 48.9 Å². The molecule has 1 aliphatic carbocycles. The molecule has 24 heavy (non-hydrogen) atoms. The van der Waals surface area contributed by atoms with Crippen molar-refractivity contribution in [3.63, 3.8) is 0 Å².